The zero-order valence-electron chi connectivity index (χ0n) is 9.62. The van der Waals surface area contributed by atoms with Gasteiger partial charge in [-0.15, -0.1) is 0 Å². The molecule has 0 radical (unpaired) electrons. The SMILES string of the molecule is COCCCOCCOc1ncc(Br)cc1Cl. The molecule has 0 unspecified atom stereocenters. The lowest BCUT2D eigenvalue weighted by Gasteiger charge is -2.07. The molecule has 0 amide bonds. The second-order valence-corrected chi connectivity index (χ2v) is 4.57. The van der Waals surface area contributed by atoms with Crippen LogP contribution in [0.5, 0.6) is 5.88 Å². The number of nitrogens with zero attached hydrogens (tertiary/aromatic N) is 1. The molecule has 0 bridgehead atoms. The Morgan fingerprint density at radius 1 is 1.29 bits per heavy atom. The molecule has 96 valence electrons. The number of methoxy groups -OCH3 is 1. The van der Waals surface area contributed by atoms with Crippen LogP contribution in [0.1, 0.15) is 6.42 Å². The molecule has 4 nitrogen and oxygen atoms in total. The third kappa shape index (κ3) is 6.21. The van der Waals surface area contributed by atoms with Crippen molar-refractivity contribution in [1.82, 2.24) is 4.98 Å². The second-order valence-electron chi connectivity index (χ2n) is 3.25. The molecule has 0 aliphatic rings. The standard InChI is InChI=1S/C11H15BrClNO3/c1-15-3-2-4-16-5-6-17-11-10(13)7-9(12)8-14-11/h7-8H,2-6H2,1H3. The van der Waals surface area contributed by atoms with Crippen molar-refractivity contribution in [2.45, 2.75) is 6.42 Å². The summed E-state index contributed by atoms with van der Waals surface area (Å²) >= 11 is 9.21. The van der Waals surface area contributed by atoms with Gasteiger partial charge in [0.2, 0.25) is 5.88 Å². The maximum absolute atomic E-state index is 5.94. The van der Waals surface area contributed by atoms with E-state index in [-0.39, 0.29) is 0 Å². The first-order chi connectivity index (χ1) is 8.24. The average Bonchev–Trinajstić information content (AvgIpc) is 2.30. The minimum absolute atomic E-state index is 0.426. The van der Waals surface area contributed by atoms with Gasteiger partial charge < -0.3 is 14.2 Å². The van der Waals surface area contributed by atoms with E-state index in [0.717, 1.165) is 10.9 Å². The van der Waals surface area contributed by atoms with E-state index < -0.39 is 0 Å². The highest BCUT2D eigenvalue weighted by atomic mass is 79.9. The topological polar surface area (TPSA) is 40.6 Å². The normalized spacial score (nSPS) is 10.5. The highest BCUT2D eigenvalue weighted by Gasteiger charge is 2.03. The first-order valence-electron chi connectivity index (χ1n) is 5.24. The lowest BCUT2D eigenvalue weighted by atomic mass is 10.5. The first-order valence-corrected chi connectivity index (χ1v) is 6.41. The van der Waals surface area contributed by atoms with Gasteiger partial charge >= 0.3 is 0 Å². The van der Waals surface area contributed by atoms with Crippen LogP contribution >= 0.6 is 27.5 Å². The summed E-state index contributed by atoms with van der Waals surface area (Å²) < 4.78 is 16.4. The quantitative estimate of drug-likeness (QED) is 0.689. The van der Waals surface area contributed by atoms with E-state index in [4.69, 9.17) is 25.8 Å². The molecule has 1 heterocycles. The summed E-state index contributed by atoms with van der Waals surface area (Å²) in [6.45, 7) is 2.32. The van der Waals surface area contributed by atoms with E-state index in [1.165, 1.54) is 0 Å². The molecular weight excluding hydrogens is 309 g/mol. The number of ether oxygens (including phenoxy) is 3. The summed E-state index contributed by atoms with van der Waals surface area (Å²) in [5.41, 5.74) is 0. The maximum atomic E-state index is 5.94. The Hall–Kier alpha value is -0.360. The van der Waals surface area contributed by atoms with E-state index >= 15 is 0 Å². The summed E-state index contributed by atoms with van der Waals surface area (Å²) in [5.74, 6) is 0.426. The smallest absolute Gasteiger partial charge is 0.232 e. The molecule has 17 heavy (non-hydrogen) atoms. The predicted octanol–water partition coefficient (Wildman–Crippen LogP) is 2.93. The minimum atomic E-state index is 0.426. The predicted molar refractivity (Wildman–Crippen MR) is 69.8 cm³/mol. The van der Waals surface area contributed by atoms with Crippen molar-refractivity contribution in [2.75, 3.05) is 33.5 Å². The monoisotopic (exact) mass is 323 g/mol. The van der Waals surface area contributed by atoms with Crippen molar-refractivity contribution in [3.8, 4) is 5.88 Å². The fourth-order valence-electron chi connectivity index (χ4n) is 1.11. The first kappa shape index (κ1) is 14.7. The van der Waals surface area contributed by atoms with Gasteiger partial charge in [-0.25, -0.2) is 4.98 Å². The van der Waals surface area contributed by atoms with Crippen LogP contribution in [-0.2, 0) is 9.47 Å². The van der Waals surface area contributed by atoms with Crippen molar-refractivity contribution < 1.29 is 14.2 Å². The Morgan fingerprint density at radius 3 is 2.82 bits per heavy atom. The third-order valence-electron chi connectivity index (χ3n) is 1.88. The molecule has 0 spiro atoms. The minimum Gasteiger partial charge on any atom is -0.474 e. The lowest BCUT2D eigenvalue weighted by molar-refractivity contribution is 0.0796. The Labute approximate surface area is 114 Å². The Morgan fingerprint density at radius 2 is 2.12 bits per heavy atom. The highest BCUT2D eigenvalue weighted by Crippen LogP contribution is 2.24. The molecule has 0 N–H and O–H groups in total. The van der Waals surface area contributed by atoms with Crippen LogP contribution in [0.15, 0.2) is 16.7 Å². The van der Waals surface area contributed by atoms with Crippen molar-refractivity contribution in [1.29, 1.82) is 0 Å². The molecule has 1 aromatic heterocycles. The Kier molecular flexibility index (Phi) is 7.51. The fourth-order valence-corrected chi connectivity index (χ4v) is 1.80. The van der Waals surface area contributed by atoms with Gasteiger partial charge in [0.05, 0.1) is 6.61 Å². The second kappa shape index (κ2) is 8.69. The van der Waals surface area contributed by atoms with Crippen molar-refractivity contribution in [2.24, 2.45) is 0 Å². The largest absolute Gasteiger partial charge is 0.474 e. The summed E-state index contributed by atoms with van der Waals surface area (Å²) in [4.78, 5) is 4.05. The molecule has 0 saturated heterocycles. The van der Waals surface area contributed by atoms with Gasteiger partial charge in [-0.2, -0.15) is 0 Å². The average molecular weight is 325 g/mol. The number of rotatable bonds is 8. The molecule has 1 aromatic rings. The van der Waals surface area contributed by atoms with Gasteiger partial charge in [0.15, 0.2) is 0 Å². The van der Waals surface area contributed by atoms with E-state index in [1.54, 1.807) is 19.4 Å². The summed E-state index contributed by atoms with van der Waals surface area (Å²) in [5, 5.41) is 0.485. The Balaban J connectivity index is 2.14. The van der Waals surface area contributed by atoms with Crippen LogP contribution in [0, 0.1) is 0 Å². The summed E-state index contributed by atoms with van der Waals surface area (Å²) in [7, 11) is 1.67. The molecular formula is C11H15BrClNO3. The number of aromatic nitrogens is 1. The number of hydrogen-bond acceptors (Lipinski definition) is 4. The fraction of sp³-hybridized carbons (Fsp3) is 0.545. The van der Waals surface area contributed by atoms with Crippen LogP contribution in [0.2, 0.25) is 5.02 Å². The van der Waals surface area contributed by atoms with Crippen LogP contribution in [0.4, 0.5) is 0 Å². The van der Waals surface area contributed by atoms with Crippen LogP contribution < -0.4 is 4.74 Å². The lowest BCUT2D eigenvalue weighted by Crippen LogP contribution is -2.09. The van der Waals surface area contributed by atoms with Crippen LogP contribution in [0.25, 0.3) is 0 Å². The molecule has 0 aromatic carbocycles. The van der Waals surface area contributed by atoms with E-state index in [2.05, 4.69) is 20.9 Å². The molecule has 1 rings (SSSR count). The van der Waals surface area contributed by atoms with Gasteiger partial charge in [-0.3, -0.25) is 0 Å². The molecule has 0 fully saturated rings. The molecule has 0 aliphatic heterocycles. The molecule has 0 saturated carbocycles. The summed E-state index contributed by atoms with van der Waals surface area (Å²) in [6, 6.07) is 1.74. The zero-order valence-corrected chi connectivity index (χ0v) is 12.0. The summed E-state index contributed by atoms with van der Waals surface area (Å²) in [6.07, 6.45) is 2.52. The van der Waals surface area contributed by atoms with Gasteiger partial charge in [-0.05, 0) is 28.4 Å². The number of hydrogen-bond donors (Lipinski definition) is 0. The van der Waals surface area contributed by atoms with Crippen molar-refractivity contribution >= 4 is 27.5 Å². The maximum Gasteiger partial charge on any atom is 0.232 e. The zero-order chi connectivity index (χ0) is 12.5. The van der Waals surface area contributed by atoms with Gasteiger partial charge in [0, 0.05) is 31.0 Å². The van der Waals surface area contributed by atoms with Crippen LogP contribution in [-0.4, -0.2) is 38.5 Å². The van der Waals surface area contributed by atoms with Crippen molar-refractivity contribution in [3.63, 3.8) is 0 Å². The van der Waals surface area contributed by atoms with Gasteiger partial charge in [0.25, 0.3) is 0 Å². The van der Waals surface area contributed by atoms with Crippen LogP contribution in [0.3, 0.4) is 0 Å². The molecule has 0 aliphatic carbocycles. The number of pyridine rings is 1. The van der Waals surface area contributed by atoms with Crippen molar-refractivity contribution in [3.05, 3.63) is 21.8 Å². The van der Waals surface area contributed by atoms with E-state index in [9.17, 15) is 0 Å². The number of halogens is 2. The van der Waals surface area contributed by atoms with Gasteiger partial charge in [0.1, 0.15) is 11.6 Å². The highest BCUT2D eigenvalue weighted by molar-refractivity contribution is 9.10. The Bertz CT molecular complexity index is 338. The third-order valence-corrected chi connectivity index (χ3v) is 2.58. The molecule has 0 atom stereocenters. The van der Waals surface area contributed by atoms with Gasteiger partial charge in [-0.1, -0.05) is 11.6 Å². The molecule has 6 heteroatoms. The van der Waals surface area contributed by atoms with E-state index in [1.807, 2.05) is 0 Å². The van der Waals surface area contributed by atoms with E-state index in [0.29, 0.717) is 37.3 Å².